The Balaban J connectivity index is 0.000000606. The van der Waals surface area contributed by atoms with Gasteiger partial charge in [0.25, 0.3) is 0 Å². The van der Waals surface area contributed by atoms with E-state index in [-0.39, 0.29) is 0 Å². The van der Waals surface area contributed by atoms with Gasteiger partial charge in [0, 0.05) is 0 Å². The van der Waals surface area contributed by atoms with Crippen LogP contribution in [0.25, 0.3) is 0 Å². The van der Waals surface area contributed by atoms with Crippen molar-refractivity contribution in [2.75, 3.05) is 0 Å². The van der Waals surface area contributed by atoms with E-state index in [0.717, 1.165) is 12.8 Å². The minimum atomic E-state index is 1.13. The van der Waals surface area contributed by atoms with Crippen LogP contribution in [0.5, 0.6) is 0 Å². The van der Waals surface area contributed by atoms with Gasteiger partial charge >= 0.3 is 0 Å². The normalized spacial score (nSPS) is 9.00. The van der Waals surface area contributed by atoms with Crippen molar-refractivity contribution in [1.82, 2.24) is 0 Å². The smallest absolute Gasteiger partial charge is 0.197 e. The van der Waals surface area contributed by atoms with E-state index in [1.54, 1.807) is 0 Å². The molecule has 0 radical (unpaired) electrons. The van der Waals surface area contributed by atoms with Gasteiger partial charge < -0.3 is 0 Å². The Bertz CT molecular complexity index is 346. The Labute approximate surface area is 102 Å². The zero-order valence-electron chi connectivity index (χ0n) is 9.00. The van der Waals surface area contributed by atoms with Crippen LogP contribution >= 0.6 is 0 Å². The summed E-state index contributed by atoms with van der Waals surface area (Å²) in [6.07, 6.45) is 2.26. The van der Waals surface area contributed by atoms with Crippen LogP contribution in [0.1, 0.15) is 11.1 Å². The average Bonchev–Trinajstić information content (AvgIpc) is 2.41. The van der Waals surface area contributed by atoms with E-state index in [9.17, 15) is 0 Å². The first kappa shape index (κ1) is 12.5. The lowest BCUT2D eigenvalue weighted by molar-refractivity contribution is 0.702. The largest absolute Gasteiger partial charge is 0.197 e. The lowest BCUT2D eigenvalue weighted by Crippen LogP contribution is -1.89. The minimum Gasteiger partial charge on any atom is -0.197 e. The van der Waals surface area contributed by atoms with Crippen molar-refractivity contribution in [3.8, 4) is 0 Å². The summed E-state index contributed by atoms with van der Waals surface area (Å²) >= 11 is 2.83. The molecule has 0 unspecified atom stereocenters. The van der Waals surface area contributed by atoms with E-state index in [1.165, 1.54) is 11.1 Å². The molecule has 1 nitrogen and oxygen atoms in total. The fourth-order valence-corrected chi connectivity index (χ4v) is 1.58. The van der Waals surface area contributed by atoms with Gasteiger partial charge in [-0.1, -0.05) is 60.7 Å². The molecule has 16 heavy (non-hydrogen) atoms. The summed E-state index contributed by atoms with van der Waals surface area (Å²) in [6.45, 7) is 0. The van der Waals surface area contributed by atoms with E-state index < -0.39 is 0 Å². The maximum Gasteiger partial charge on any atom is 0.197 e. The number of aryl methyl sites for hydroxylation is 2. The predicted octanol–water partition coefficient (Wildman–Crippen LogP) is 3.14. The molecule has 2 aromatic rings. The molecule has 0 bridgehead atoms. The highest BCUT2D eigenvalue weighted by molar-refractivity contribution is 7.44. The zero-order valence-corrected chi connectivity index (χ0v) is 9.82. The molecule has 2 aromatic carbocycles. The SMILES string of the molecule is O=S.c1ccc(CCc2ccccc2)cc1. The van der Waals surface area contributed by atoms with Crippen LogP contribution in [0.2, 0.25) is 0 Å². The van der Waals surface area contributed by atoms with E-state index in [4.69, 9.17) is 4.21 Å². The second kappa shape index (κ2) is 7.71. The highest BCUT2D eigenvalue weighted by Crippen LogP contribution is 2.06. The van der Waals surface area contributed by atoms with Gasteiger partial charge in [0.2, 0.25) is 0 Å². The summed E-state index contributed by atoms with van der Waals surface area (Å²) in [5, 5.41) is 0. The third-order valence-electron chi connectivity index (χ3n) is 2.39. The Morgan fingerprint density at radius 2 is 0.938 bits per heavy atom. The molecular formula is C14H14OS. The monoisotopic (exact) mass is 230 g/mol. The molecule has 0 fully saturated rings. The van der Waals surface area contributed by atoms with Crippen molar-refractivity contribution in [3.05, 3.63) is 71.8 Å². The van der Waals surface area contributed by atoms with Crippen LogP contribution in [0.4, 0.5) is 0 Å². The molecule has 0 aliphatic carbocycles. The number of hydrogen-bond acceptors (Lipinski definition) is 2. The van der Waals surface area contributed by atoms with Crippen LogP contribution in [-0.2, 0) is 25.4 Å². The van der Waals surface area contributed by atoms with E-state index in [1.807, 2.05) is 0 Å². The van der Waals surface area contributed by atoms with Crippen molar-refractivity contribution in [1.29, 1.82) is 0 Å². The first-order valence-electron chi connectivity index (χ1n) is 5.20. The second-order valence-corrected chi connectivity index (χ2v) is 3.47. The molecule has 0 aliphatic heterocycles. The molecule has 0 atom stereocenters. The third-order valence-corrected chi connectivity index (χ3v) is 2.39. The first-order valence-corrected chi connectivity index (χ1v) is 5.53. The molecule has 2 heteroatoms. The lowest BCUT2D eigenvalue weighted by atomic mass is 10.0. The van der Waals surface area contributed by atoms with Crippen molar-refractivity contribution in [2.24, 2.45) is 0 Å². The van der Waals surface area contributed by atoms with Gasteiger partial charge in [-0.05, 0) is 24.0 Å². The lowest BCUT2D eigenvalue weighted by Gasteiger charge is -2.01. The number of hydrogen-bond donors (Lipinski definition) is 0. The van der Waals surface area contributed by atoms with Crippen molar-refractivity contribution in [3.63, 3.8) is 0 Å². The summed E-state index contributed by atoms with van der Waals surface area (Å²) in [7, 11) is 0. The van der Waals surface area contributed by atoms with E-state index >= 15 is 0 Å². The highest BCUT2D eigenvalue weighted by Gasteiger charge is 1.93. The molecule has 2 rings (SSSR count). The van der Waals surface area contributed by atoms with Crippen LogP contribution in [0, 0.1) is 0 Å². The third kappa shape index (κ3) is 4.32. The molecule has 0 saturated carbocycles. The molecule has 0 heterocycles. The quantitative estimate of drug-likeness (QED) is 0.805. The Kier molecular flexibility index (Phi) is 6.04. The van der Waals surface area contributed by atoms with Crippen LogP contribution in [0.3, 0.4) is 0 Å². The van der Waals surface area contributed by atoms with Crippen LogP contribution in [-0.4, -0.2) is 4.21 Å². The molecule has 0 aliphatic rings. The average molecular weight is 230 g/mol. The molecule has 0 spiro atoms. The maximum atomic E-state index is 7.83. The Morgan fingerprint density at radius 1 is 0.625 bits per heavy atom. The van der Waals surface area contributed by atoms with Gasteiger partial charge in [-0.3, -0.25) is 0 Å². The standard InChI is InChI=1S/C14H14.OS/c1-3-7-13(8-4-1)11-12-14-9-5-2-6-10-14;1-2/h1-10H,11-12H2;. The van der Waals surface area contributed by atoms with Gasteiger partial charge in [-0.25, -0.2) is 0 Å². The fourth-order valence-electron chi connectivity index (χ4n) is 1.58. The Morgan fingerprint density at radius 3 is 1.25 bits per heavy atom. The summed E-state index contributed by atoms with van der Waals surface area (Å²) in [5.41, 5.74) is 2.83. The number of benzene rings is 2. The summed E-state index contributed by atoms with van der Waals surface area (Å²) in [4.78, 5) is 0. The van der Waals surface area contributed by atoms with E-state index in [2.05, 4.69) is 73.2 Å². The predicted molar refractivity (Wildman–Crippen MR) is 68.4 cm³/mol. The summed E-state index contributed by atoms with van der Waals surface area (Å²) in [6, 6.07) is 21.2. The number of rotatable bonds is 3. The summed E-state index contributed by atoms with van der Waals surface area (Å²) < 4.78 is 7.83. The maximum absolute atomic E-state index is 7.83. The highest BCUT2D eigenvalue weighted by atomic mass is 32.1. The zero-order chi connectivity index (χ0) is 11.6. The van der Waals surface area contributed by atoms with Crippen LogP contribution < -0.4 is 0 Å². The van der Waals surface area contributed by atoms with Gasteiger partial charge in [0.05, 0.1) is 0 Å². The molecule has 0 N–H and O–H groups in total. The van der Waals surface area contributed by atoms with Crippen molar-refractivity contribution < 1.29 is 4.21 Å². The molecule has 0 aromatic heterocycles. The van der Waals surface area contributed by atoms with Crippen molar-refractivity contribution in [2.45, 2.75) is 12.8 Å². The topological polar surface area (TPSA) is 17.1 Å². The van der Waals surface area contributed by atoms with E-state index in [0.29, 0.717) is 0 Å². The van der Waals surface area contributed by atoms with Gasteiger partial charge in [0.15, 0.2) is 12.5 Å². The van der Waals surface area contributed by atoms with Gasteiger partial charge in [-0.2, -0.15) is 4.21 Å². The molecule has 0 amide bonds. The first-order chi connectivity index (χ1) is 7.95. The Hall–Kier alpha value is -1.54. The molecule has 82 valence electrons. The van der Waals surface area contributed by atoms with Crippen LogP contribution in [0.15, 0.2) is 60.7 Å². The van der Waals surface area contributed by atoms with Gasteiger partial charge in [-0.15, -0.1) is 0 Å². The fraction of sp³-hybridized carbons (Fsp3) is 0.143. The minimum absolute atomic E-state index is 1.13. The molecule has 0 saturated heterocycles. The summed E-state index contributed by atoms with van der Waals surface area (Å²) in [5.74, 6) is 0. The van der Waals surface area contributed by atoms with Gasteiger partial charge in [0.1, 0.15) is 0 Å². The van der Waals surface area contributed by atoms with Crippen molar-refractivity contribution >= 4 is 12.5 Å². The molecular weight excluding hydrogens is 216 g/mol. The second-order valence-electron chi connectivity index (χ2n) is 3.47.